The van der Waals surface area contributed by atoms with E-state index >= 15 is 0 Å². The van der Waals surface area contributed by atoms with E-state index in [9.17, 15) is 8.78 Å². The molecule has 106 valence electrons. The van der Waals surface area contributed by atoms with Crippen LogP contribution in [-0.2, 0) is 6.42 Å². The van der Waals surface area contributed by atoms with E-state index in [0.29, 0.717) is 10.0 Å². The van der Waals surface area contributed by atoms with Gasteiger partial charge in [-0.2, -0.15) is 0 Å². The molecule has 2 aromatic rings. The molecule has 2 aromatic carbocycles. The zero-order chi connectivity index (χ0) is 14.7. The van der Waals surface area contributed by atoms with Gasteiger partial charge in [-0.3, -0.25) is 11.3 Å². The molecular weight excluding hydrogens is 305 g/mol. The van der Waals surface area contributed by atoms with Gasteiger partial charge in [-0.1, -0.05) is 29.3 Å². The highest BCUT2D eigenvalue weighted by atomic mass is 35.5. The molecule has 1 unspecified atom stereocenters. The number of hydrogen-bond donors (Lipinski definition) is 2. The molecule has 2 rings (SSSR count). The Morgan fingerprint density at radius 2 is 1.80 bits per heavy atom. The van der Waals surface area contributed by atoms with Crippen LogP contribution >= 0.6 is 23.2 Å². The van der Waals surface area contributed by atoms with Crippen molar-refractivity contribution in [1.82, 2.24) is 5.43 Å². The van der Waals surface area contributed by atoms with Crippen LogP contribution in [0.4, 0.5) is 8.78 Å². The number of hydrazine groups is 1. The van der Waals surface area contributed by atoms with Crippen molar-refractivity contribution in [2.45, 2.75) is 12.5 Å². The van der Waals surface area contributed by atoms with Gasteiger partial charge in [0.25, 0.3) is 0 Å². The van der Waals surface area contributed by atoms with Crippen LogP contribution in [0.25, 0.3) is 0 Å². The Labute approximate surface area is 125 Å². The third-order valence-electron chi connectivity index (χ3n) is 2.98. The third kappa shape index (κ3) is 3.46. The SMILES string of the molecule is NNC(Cc1cc(F)ccc1F)c1ccc(Cl)c(Cl)c1. The number of halogens is 4. The average molecular weight is 317 g/mol. The third-order valence-corrected chi connectivity index (χ3v) is 3.72. The van der Waals surface area contributed by atoms with Crippen molar-refractivity contribution in [2.24, 2.45) is 5.84 Å². The minimum Gasteiger partial charge on any atom is -0.271 e. The Balaban J connectivity index is 2.28. The van der Waals surface area contributed by atoms with Crippen molar-refractivity contribution < 1.29 is 8.78 Å². The van der Waals surface area contributed by atoms with Crippen LogP contribution < -0.4 is 11.3 Å². The molecule has 20 heavy (non-hydrogen) atoms. The molecule has 0 aliphatic carbocycles. The van der Waals surface area contributed by atoms with Gasteiger partial charge in [-0.25, -0.2) is 8.78 Å². The van der Waals surface area contributed by atoms with Crippen LogP contribution in [0.5, 0.6) is 0 Å². The fourth-order valence-electron chi connectivity index (χ4n) is 1.92. The molecule has 0 heterocycles. The fourth-order valence-corrected chi connectivity index (χ4v) is 2.23. The molecule has 3 N–H and O–H groups in total. The summed E-state index contributed by atoms with van der Waals surface area (Å²) in [6, 6.07) is 7.92. The first-order valence-corrected chi connectivity index (χ1v) is 6.62. The predicted octanol–water partition coefficient (Wildman–Crippen LogP) is 4.02. The largest absolute Gasteiger partial charge is 0.271 e. The molecule has 2 nitrogen and oxygen atoms in total. The molecule has 0 aliphatic rings. The average Bonchev–Trinajstić information content (AvgIpc) is 2.43. The van der Waals surface area contributed by atoms with Crippen LogP contribution in [-0.4, -0.2) is 0 Å². The zero-order valence-electron chi connectivity index (χ0n) is 10.3. The highest BCUT2D eigenvalue weighted by Gasteiger charge is 2.15. The smallest absolute Gasteiger partial charge is 0.126 e. The van der Waals surface area contributed by atoms with Gasteiger partial charge in [0.05, 0.1) is 16.1 Å². The molecule has 0 amide bonds. The van der Waals surface area contributed by atoms with Gasteiger partial charge in [-0.05, 0) is 47.9 Å². The molecule has 0 saturated heterocycles. The molecule has 0 aromatic heterocycles. The maximum atomic E-state index is 13.6. The summed E-state index contributed by atoms with van der Waals surface area (Å²) in [5.74, 6) is 4.51. The van der Waals surface area contributed by atoms with Gasteiger partial charge in [-0.15, -0.1) is 0 Å². The second kappa shape index (κ2) is 6.50. The quantitative estimate of drug-likeness (QED) is 0.660. The summed E-state index contributed by atoms with van der Waals surface area (Å²) >= 11 is 11.8. The summed E-state index contributed by atoms with van der Waals surface area (Å²) in [6.07, 6.45) is 0.193. The molecule has 0 radical (unpaired) electrons. The fraction of sp³-hybridized carbons (Fsp3) is 0.143. The van der Waals surface area contributed by atoms with Gasteiger partial charge >= 0.3 is 0 Å². The number of hydrogen-bond acceptors (Lipinski definition) is 2. The lowest BCUT2D eigenvalue weighted by Gasteiger charge is -2.17. The van der Waals surface area contributed by atoms with E-state index in [1.54, 1.807) is 18.2 Å². The molecule has 0 saturated carbocycles. The summed E-state index contributed by atoms with van der Waals surface area (Å²) in [6.45, 7) is 0. The lowest BCUT2D eigenvalue weighted by atomic mass is 9.99. The normalized spacial score (nSPS) is 12.4. The maximum absolute atomic E-state index is 13.6. The second-order valence-electron chi connectivity index (χ2n) is 4.33. The lowest BCUT2D eigenvalue weighted by Crippen LogP contribution is -2.29. The van der Waals surface area contributed by atoms with Crippen LogP contribution in [0.3, 0.4) is 0 Å². The molecule has 0 fully saturated rings. The van der Waals surface area contributed by atoms with Crippen molar-refractivity contribution >= 4 is 23.2 Å². The Kier molecular flexibility index (Phi) is 4.94. The molecule has 0 aliphatic heterocycles. The molecular formula is C14H12Cl2F2N2. The number of benzene rings is 2. The number of rotatable bonds is 4. The summed E-state index contributed by atoms with van der Waals surface area (Å²) in [4.78, 5) is 0. The van der Waals surface area contributed by atoms with Gasteiger partial charge < -0.3 is 0 Å². The van der Waals surface area contributed by atoms with Crippen LogP contribution in [0, 0.1) is 11.6 Å². The van der Waals surface area contributed by atoms with Gasteiger partial charge in [0, 0.05) is 0 Å². The lowest BCUT2D eigenvalue weighted by molar-refractivity contribution is 0.523. The van der Waals surface area contributed by atoms with E-state index < -0.39 is 17.7 Å². The Morgan fingerprint density at radius 3 is 2.45 bits per heavy atom. The van der Waals surface area contributed by atoms with E-state index in [1.165, 1.54) is 0 Å². The van der Waals surface area contributed by atoms with Crippen LogP contribution in [0.1, 0.15) is 17.2 Å². The highest BCUT2D eigenvalue weighted by molar-refractivity contribution is 6.42. The van der Waals surface area contributed by atoms with Crippen molar-refractivity contribution in [1.29, 1.82) is 0 Å². The summed E-state index contributed by atoms with van der Waals surface area (Å²) in [7, 11) is 0. The van der Waals surface area contributed by atoms with Crippen molar-refractivity contribution in [3.8, 4) is 0 Å². The van der Waals surface area contributed by atoms with Crippen molar-refractivity contribution in [2.75, 3.05) is 0 Å². The number of nitrogens with two attached hydrogens (primary N) is 1. The standard InChI is InChI=1S/C14H12Cl2F2N2/c15-11-3-1-8(6-12(11)16)14(20-19)7-9-5-10(17)2-4-13(9)18/h1-6,14,20H,7,19H2. The van der Waals surface area contributed by atoms with Gasteiger partial charge in [0.2, 0.25) is 0 Å². The summed E-state index contributed by atoms with van der Waals surface area (Å²) in [5, 5.41) is 0.798. The Bertz CT molecular complexity index is 620. The Hall–Kier alpha value is -1.20. The van der Waals surface area contributed by atoms with Gasteiger partial charge in [0.15, 0.2) is 0 Å². The van der Waals surface area contributed by atoms with Crippen molar-refractivity contribution in [3.63, 3.8) is 0 Å². The molecule has 0 spiro atoms. The molecule has 6 heteroatoms. The van der Waals surface area contributed by atoms with Crippen molar-refractivity contribution in [3.05, 3.63) is 69.2 Å². The zero-order valence-corrected chi connectivity index (χ0v) is 11.8. The van der Waals surface area contributed by atoms with E-state index in [0.717, 1.165) is 23.8 Å². The molecule has 1 atom stereocenters. The number of nitrogens with one attached hydrogen (secondary N) is 1. The second-order valence-corrected chi connectivity index (χ2v) is 5.15. The monoisotopic (exact) mass is 316 g/mol. The minimum absolute atomic E-state index is 0.193. The first-order chi connectivity index (χ1) is 9.51. The first kappa shape index (κ1) is 15.2. The highest BCUT2D eigenvalue weighted by Crippen LogP contribution is 2.27. The maximum Gasteiger partial charge on any atom is 0.126 e. The summed E-state index contributed by atoms with van der Waals surface area (Å²) < 4.78 is 26.8. The van der Waals surface area contributed by atoms with Gasteiger partial charge in [0.1, 0.15) is 11.6 Å². The first-order valence-electron chi connectivity index (χ1n) is 5.86. The summed E-state index contributed by atoms with van der Waals surface area (Å²) in [5.41, 5.74) is 3.55. The topological polar surface area (TPSA) is 38.0 Å². The van der Waals surface area contributed by atoms with E-state index in [4.69, 9.17) is 29.0 Å². The van der Waals surface area contributed by atoms with E-state index in [1.807, 2.05) is 0 Å². The van der Waals surface area contributed by atoms with Crippen LogP contribution in [0.15, 0.2) is 36.4 Å². The molecule has 0 bridgehead atoms. The van der Waals surface area contributed by atoms with E-state index in [2.05, 4.69) is 5.43 Å². The predicted molar refractivity (Wildman–Crippen MR) is 76.6 cm³/mol. The Morgan fingerprint density at radius 1 is 1.05 bits per heavy atom. The van der Waals surface area contributed by atoms with Crippen LogP contribution in [0.2, 0.25) is 10.0 Å². The minimum atomic E-state index is -0.494. The van der Waals surface area contributed by atoms with E-state index in [-0.39, 0.29) is 12.0 Å².